The molecule has 142 valence electrons. The summed E-state index contributed by atoms with van der Waals surface area (Å²) in [4.78, 5) is 17.2. The van der Waals surface area contributed by atoms with Gasteiger partial charge in [0.15, 0.2) is 5.50 Å². The van der Waals surface area contributed by atoms with Crippen molar-refractivity contribution < 1.29 is 9.90 Å². The molecule has 3 rings (SSSR count). The fraction of sp³-hybridized carbons (Fsp3) is 0.263. The summed E-state index contributed by atoms with van der Waals surface area (Å²) >= 11 is 4.39. The minimum atomic E-state index is -1.12. The highest BCUT2D eigenvalue weighted by Gasteiger charge is 2.18. The SMILES string of the molecule is Cc1cccc(C)c1N(CNc1cccc(N2NC=NC2S)c1)CC(=O)[O-]. The molecule has 1 aliphatic heterocycles. The molecule has 0 fully saturated rings. The van der Waals surface area contributed by atoms with Crippen molar-refractivity contribution in [2.24, 2.45) is 4.99 Å². The summed E-state index contributed by atoms with van der Waals surface area (Å²) in [5.41, 5.74) is 7.42. The zero-order valence-electron chi connectivity index (χ0n) is 15.2. The Morgan fingerprint density at radius 3 is 2.63 bits per heavy atom. The van der Waals surface area contributed by atoms with Crippen molar-refractivity contribution in [2.75, 3.05) is 28.4 Å². The van der Waals surface area contributed by atoms with Crippen molar-refractivity contribution >= 4 is 42.0 Å². The van der Waals surface area contributed by atoms with Gasteiger partial charge in [0.25, 0.3) is 0 Å². The number of hydrogen-bond acceptors (Lipinski definition) is 8. The van der Waals surface area contributed by atoms with Crippen molar-refractivity contribution in [3.8, 4) is 0 Å². The minimum Gasteiger partial charge on any atom is -0.548 e. The summed E-state index contributed by atoms with van der Waals surface area (Å²) in [5.74, 6) is -1.12. The number of carboxylic acid groups (broad SMARTS) is 1. The van der Waals surface area contributed by atoms with Crippen LogP contribution in [0.15, 0.2) is 47.5 Å². The topological polar surface area (TPSA) is 83.0 Å². The number of thiol groups is 1. The Kier molecular flexibility index (Phi) is 5.75. The number of aliphatic carboxylic acids is 1. The van der Waals surface area contributed by atoms with Crippen LogP contribution in [0, 0.1) is 13.8 Å². The van der Waals surface area contributed by atoms with Crippen molar-refractivity contribution in [2.45, 2.75) is 19.3 Å². The fourth-order valence-corrected chi connectivity index (χ4v) is 3.40. The Hall–Kier alpha value is -2.87. The van der Waals surface area contributed by atoms with E-state index in [1.54, 1.807) is 11.2 Å². The van der Waals surface area contributed by atoms with E-state index in [-0.39, 0.29) is 12.0 Å². The average Bonchev–Trinajstić information content (AvgIpc) is 3.05. The highest BCUT2D eigenvalue weighted by Crippen LogP contribution is 2.26. The quantitative estimate of drug-likeness (QED) is 0.496. The Labute approximate surface area is 164 Å². The van der Waals surface area contributed by atoms with Crippen molar-refractivity contribution in [1.29, 1.82) is 0 Å². The lowest BCUT2D eigenvalue weighted by Crippen LogP contribution is -2.41. The number of nitrogens with zero attached hydrogens (tertiary/aromatic N) is 3. The van der Waals surface area contributed by atoms with E-state index in [9.17, 15) is 9.90 Å². The number of benzene rings is 2. The maximum Gasteiger partial charge on any atom is 0.185 e. The Balaban J connectivity index is 1.77. The second kappa shape index (κ2) is 8.22. The van der Waals surface area contributed by atoms with Gasteiger partial charge in [-0.1, -0.05) is 24.3 Å². The zero-order chi connectivity index (χ0) is 19.4. The summed E-state index contributed by atoms with van der Waals surface area (Å²) < 4.78 is 0. The van der Waals surface area contributed by atoms with Crippen LogP contribution in [0.25, 0.3) is 0 Å². The number of rotatable bonds is 7. The molecule has 27 heavy (non-hydrogen) atoms. The zero-order valence-corrected chi connectivity index (χ0v) is 16.1. The second-order valence-corrected chi connectivity index (χ2v) is 6.78. The van der Waals surface area contributed by atoms with Gasteiger partial charge in [0, 0.05) is 11.4 Å². The molecule has 0 spiro atoms. The van der Waals surface area contributed by atoms with Crippen molar-refractivity contribution in [3.05, 3.63) is 53.6 Å². The maximum absolute atomic E-state index is 11.3. The Morgan fingerprint density at radius 1 is 1.30 bits per heavy atom. The van der Waals surface area contributed by atoms with Gasteiger partial charge in [-0.25, -0.2) is 4.99 Å². The first-order valence-corrected chi connectivity index (χ1v) is 9.07. The maximum atomic E-state index is 11.3. The molecule has 0 aromatic heterocycles. The molecule has 7 nitrogen and oxygen atoms in total. The molecule has 2 aromatic carbocycles. The second-order valence-electron chi connectivity index (χ2n) is 6.32. The van der Waals surface area contributed by atoms with E-state index in [4.69, 9.17) is 0 Å². The number of carbonyl (C=O) groups is 1. The van der Waals surface area contributed by atoms with Crippen LogP contribution < -0.4 is 25.8 Å². The van der Waals surface area contributed by atoms with Crippen LogP contribution in [-0.4, -0.2) is 31.0 Å². The van der Waals surface area contributed by atoms with E-state index < -0.39 is 5.97 Å². The lowest BCUT2D eigenvalue weighted by atomic mass is 10.1. The van der Waals surface area contributed by atoms with Crippen LogP contribution in [0.1, 0.15) is 11.1 Å². The third-order valence-corrected chi connectivity index (χ3v) is 4.67. The van der Waals surface area contributed by atoms with Crippen LogP contribution in [-0.2, 0) is 4.79 Å². The van der Waals surface area contributed by atoms with Crippen LogP contribution >= 0.6 is 12.6 Å². The molecule has 0 radical (unpaired) electrons. The lowest BCUT2D eigenvalue weighted by Gasteiger charge is -2.29. The van der Waals surface area contributed by atoms with E-state index in [0.29, 0.717) is 6.67 Å². The lowest BCUT2D eigenvalue weighted by molar-refractivity contribution is -0.303. The molecule has 1 aliphatic rings. The molecular formula is C19H22N5O2S-. The van der Waals surface area contributed by atoms with Gasteiger partial charge in [0.05, 0.1) is 24.9 Å². The third kappa shape index (κ3) is 4.46. The minimum absolute atomic E-state index is 0.196. The number of para-hydroxylation sites is 1. The number of carbonyl (C=O) groups excluding carboxylic acids is 1. The van der Waals surface area contributed by atoms with Crippen LogP contribution in [0.4, 0.5) is 17.1 Å². The van der Waals surface area contributed by atoms with Gasteiger partial charge in [0.2, 0.25) is 0 Å². The van der Waals surface area contributed by atoms with Gasteiger partial charge < -0.3 is 20.1 Å². The first kappa shape index (κ1) is 18.9. The number of aryl methyl sites for hydroxylation is 2. The molecule has 1 heterocycles. The van der Waals surface area contributed by atoms with Gasteiger partial charge in [-0.3, -0.25) is 10.4 Å². The Morgan fingerprint density at radius 2 is 2.00 bits per heavy atom. The van der Waals surface area contributed by atoms with Crippen LogP contribution in [0.5, 0.6) is 0 Å². The molecule has 0 aliphatic carbocycles. The number of nitrogens with one attached hydrogen (secondary N) is 2. The standard InChI is InChI=1S/C19H23N5O2S/c1-13-5-3-6-14(2)18(13)23(10-17(25)26)12-21-15-7-4-8-16(9-15)24-19(27)20-11-22-24/h3-9,11,19,21,27H,10,12H2,1-2H3,(H,20,22)(H,25,26)/p-1. The number of hydrogen-bond donors (Lipinski definition) is 3. The summed E-state index contributed by atoms with van der Waals surface area (Å²) in [6.45, 7) is 4.07. The first-order valence-electron chi connectivity index (χ1n) is 8.56. The van der Waals surface area contributed by atoms with E-state index in [1.807, 2.05) is 61.3 Å². The summed E-state index contributed by atoms with van der Waals surface area (Å²) in [6, 6.07) is 13.6. The molecule has 0 saturated carbocycles. The van der Waals surface area contributed by atoms with Gasteiger partial charge >= 0.3 is 0 Å². The summed E-state index contributed by atoms with van der Waals surface area (Å²) in [5, 5.41) is 16.4. The smallest absolute Gasteiger partial charge is 0.185 e. The Bertz CT molecular complexity index is 837. The highest BCUT2D eigenvalue weighted by molar-refractivity contribution is 7.81. The summed E-state index contributed by atoms with van der Waals surface area (Å²) in [7, 11) is 0. The molecular weight excluding hydrogens is 362 g/mol. The largest absolute Gasteiger partial charge is 0.548 e. The average molecular weight is 384 g/mol. The van der Waals surface area contributed by atoms with Gasteiger partial charge in [-0.2, -0.15) is 0 Å². The number of anilines is 3. The molecule has 2 aromatic rings. The summed E-state index contributed by atoms with van der Waals surface area (Å²) in [6.07, 6.45) is 1.60. The van der Waals surface area contributed by atoms with E-state index in [0.717, 1.165) is 28.2 Å². The van der Waals surface area contributed by atoms with Crippen LogP contribution in [0.3, 0.4) is 0 Å². The molecule has 0 bridgehead atoms. The number of carboxylic acids is 1. The molecule has 0 amide bonds. The monoisotopic (exact) mass is 384 g/mol. The molecule has 8 heteroatoms. The van der Waals surface area contributed by atoms with E-state index >= 15 is 0 Å². The third-order valence-electron chi connectivity index (χ3n) is 4.31. The van der Waals surface area contributed by atoms with Gasteiger partial charge in [-0.05, 0) is 43.2 Å². The first-order chi connectivity index (χ1) is 13.0. The van der Waals surface area contributed by atoms with Crippen molar-refractivity contribution in [3.63, 3.8) is 0 Å². The molecule has 2 N–H and O–H groups in total. The molecule has 1 atom stereocenters. The van der Waals surface area contributed by atoms with Gasteiger partial charge in [0.1, 0.15) is 6.34 Å². The van der Waals surface area contributed by atoms with Gasteiger partial charge in [-0.15, -0.1) is 12.6 Å². The fourth-order valence-electron chi connectivity index (χ4n) is 3.13. The van der Waals surface area contributed by atoms with Crippen LogP contribution in [0.2, 0.25) is 0 Å². The predicted octanol–water partition coefficient (Wildman–Crippen LogP) is 1.50. The molecule has 1 unspecified atom stereocenters. The highest BCUT2D eigenvalue weighted by atomic mass is 32.1. The number of hydrazine groups is 1. The normalized spacial score (nSPS) is 15.5. The van der Waals surface area contributed by atoms with E-state index in [1.165, 1.54) is 0 Å². The molecule has 0 saturated heterocycles. The van der Waals surface area contributed by atoms with E-state index in [2.05, 4.69) is 28.4 Å². The number of aliphatic imine (C=N–C) groups is 1. The predicted molar refractivity (Wildman–Crippen MR) is 110 cm³/mol. The van der Waals surface area contributed by atoms with Crippen molar-refractivity contribution in [1.82, 2.24) is 5.43 Å².